The Balaban J connectivity index is 1.31. The molecule has 0 N–H and O–H groups in total. The third-order valence-electron chi connectivity index (χ3n) is 6.35. The van der Waals surface area contributed by atoms with Gasteiger partial charge >= 0.3 is 0 Å². The third kappa shape index (κ3) is 3.59. The Labute approximate surface area is 172 Å². The fourth-order valence-corrected chi connectivity index (χ4v) is 4.74. The van der Waals surface area contributed by atoms with Crippen molar-refractivity contribution >= 4 is 16.6 Å². The third-order valence-corrected chi connectivity index (χ3v) is 6.35. The van der Waals surface area contributed by atoms with Crippen molar-refractivity contribution < 1.29 is 0 Å². The lowest BCUT2D eigenvalue weighted by Gasteiger charge is -2.36. The van der Waals surface area contributed by atoms with Crippen LogP contribution < -0.4 is 4.90 Å². The lowest BCUT2D eigenvalue weighted by atomic mass is 9.95. The van der Waals surface area contributed by atoms with E-state index < -0.39 is 0 Å². The molecule has 1 saturated heterocycles. The number of aryl methyl sites for hydroxylation is 2. The van der Waals surface area contributed by atoms with Gasteiger partial charge in [0.2, 0.25) is 0 Å². The maximum atomic E-state index is 9.67. The van der Waals surface area contributed by atoms with Gasteiger partial charge in [0.05, 0.1) is 5.56 Å². The van der Waals surface area contributed by atoms with E-state index in [9.17, 15) is 5.26 Å². The highest BCUT2D eigenvalue weighted by Gasteiger charge is 2.23. The molecule has 1 aliphatic heterocycles. The van der Waals surface area contributed by atoms with Crippen LogP contribution >= 0.6 is 0 Å². The van der Waals surface area contributed by atoms with E-state index in [4.69, 9.17) is 4.98 Å². The van der Waals surface area contributed by atoms with Crippen molar-refractivity contribution in [3.8, 4) is 6.07 Å². The second-order valence-electron chi connectivity index (χ2n) is 8.19. The monoisotopic (exact) mass is 382 g/mol. The molecule has 4 heteroatoms. The van der Waals surface area contributed by atoms with E-state index in [1.807, 2.05) is 0 Å². The van der Waals surface area contributed by atoms with Crippen molar-refractivity contribution in [1.82, 2.24) is 9.88 Å². The number of piperazine rings is 1. The minimum atomic E-state index is 0.744. The highest BCUT2D eigenvalue weighted by Crippen LogP contribution is 2.27. The summed E-state index contributed by atoms with van der Waals surface area (Å²) < 4.78 is 0. The van der Waals surface area contributed by atoms with Crippen molar-refractivity contribution in [2.24, 2.45) is 0 Å². The first kappa shape index (κ1) is 18.1. The number of rotatable bonds is 3. The van der Waals surface area contributed by atoms with Crippen LogP contribution in [-0.4, -0.2) is 36.1 Å². The highest BCUT2D eigenvalue weighted by atomic mass is 15.3. The zero-order valence-corrected chi connectivity index (χ0v) is 16.8. The molecule has 2 aromatic carbocycles. The second kappa shape index (κ2) is 7.85. The summed E-state index contributed by atoms with van der Waals surface area (Å²) in [5.74, 6) is 0.901. The molecule has 4 nitrogen and oxygen atoms in total. The molecule has 3 aromatic rings. The van der Waals surface area contributed by atoms with E-state index in [-0.39, 0.29) is 0 Å². The van der Waals surface area contributed by atoms with Gasteiger partial charge in [0.15, 0.2) is 0 Å². The Morgan fingerprint density at radius 1 is 0.931 bits per heavy atom. The summed E-state index contributed by atoms with van der Waals surface area (Å²) in [5, 5.41) is 12.3. The van der Waals surface area contributed by atoms with Crippen LogP contribution in [0.2, 0.25) is 0 Å². The fraction of sp³-hybridized carbons (Fsp3) is 0.360. The standard InChI is InChI=1S/C25H26N4/c26-17-22-16-20-7-2-4-11-24(20)27-25(22)29-14-12-28(13-15-29)18-21-9-5-8-19-6-1-3-10-23(19)21/h1,3,5-6,8-10,16H,2,4,7,11-15,18H2. The van der Waals surface area contributed by atoms with Crippen LogP contribution in [0.5, 0.6) is 0 Å². The Kier molecular flexibility index (Phi) is 4.91. The predicted molar refractivity (Wildman–Crippen MR) is 117 cm³/mol. The van der Waals surface area contributed by atoms with Gasteiger partial charge in [-0.1, -0.05) is 42.5 Å². The molecule has 0 spiro atoms. The smallest absolute Gasteiger partial charge is 0.146 e. The Morgan fingerprint density at radius 2 is 1.72 bits per heavy atom. The number of anilines is 1. The molecule has 0 saturated carbocycles. The molecule has 0 bridgehead atoms. The average molecular weight is 383 g/mol. The van der Waals surface area contributed by atoms with E-state index >= 15 is 0 Å². The number of pyridine rings is 1. The van der Waals surface area contributed by atoms with Crippen molar-refractivity contribution in [3.05, 3.63) is 70.9 Å². The fourth-order valence-electron chi connectivity index (χ4n) is 4.74. The number of benzene rings is 2. The van der Waals surface area contributed by atoms with Crippen LogP contribution in [0, 0.1) is 11.3 Å². The lowest BCUT2D eigenvalue weighted by molar-refractivity contribution is 0.250. The normalized spacial score (nSPS) is 17.1. The lowest BCUT2D eigenvalue weighted by Crippen LogP contribution is -2.46. The first-order valence-corrected chi connectivity index (χ1v) is 10.7. The molecule has 1 aromatic heterocycles. The molecule has 0 atom stereocenters. The Bertz CT molecular complexity index is 1070. The van der Waals surface area contributed by atoms with Crippen LogP contribution in [0.3, 0.4) is 0 Å². The first-order chi connectivity index (χ1) is 14.3. The number of fused-ring (bicyclic) bond motifs is 2. The molecule has 146 valence electrons. The summed E-state index contributed by atoms with van der Waals surface area (Å²) in [6.45, 7) is 4.80. The van der Waals surface area contributed by atoms with Crippen molar-refractivity contribution in [2.45, 2.75) is 32.2 Å². The second-order valence-corrected chi connectivity index (χ2v) is 8.19. The summed E-state index contributed by atoms with van der Waals surface area (Å²) in [6, 6.07) is 19.7. The van der Waals surface area contributed by atoms with E-state index in [2.05, 4.69) is 64.4 Å². The van der Waals surface area contributed by atoms with E-state index in [1.54, 1.807) is 0 Å². The van der Waals surface area contributed by atoms with E-state index in [1.165, 1.54) is 40.4 Å². The van der Waals surface area contributed by atoms with Gasteiger partial charge in [-0.25, -0.2) is 4.98 Å². The van der Waals surface area contributed by atoms with Crippen molar-refractivity contribution in [3.63, 3.8) is 0 Å². The maximum absolute atomic E-state index is 9.67. The van der Waals surface area contributed by atoms with Gasteiger partial charge in [0.1, 0.15) is 11.9 Å². The highest BCUT2D eigenvalue weighted by molar-refractivity contribution is 5.85. The molecule has 1 fully saturated rings. The molecular weight excluding hydrogens is 356 g/mol. The largest absolute Gasteiger partial charge is 0.353 e. The summed E-state index contributed by atoms with van der Waals surface area (Å²) in [5.41, 5.74) is 4.63. The van der Waals surface area contributed by atoms with Gasteiger partial charge in [-0.05, 0) is 53.6 Å². The molecular formula is C25H26N4. The minimum Gasteiger partial charge on any atom is -0.353 e. The zero-order chi connectivity index (χ0) is 19.6. The maximum Gasteiger partial charge on any atom is 0.146 e. The predicted octanol–water partition coefficient (Wildman–Crippen LogP) is 4.31. The molecule has 0 amide bonds. The van der Waals surface area contributed by atoms with E-state index in [0.29, 0.717) is 0 Å². The van der Waals surface area contributed by atoms with Crippen LogP contribution in [-0.2, 0) is 19.4 Å². The number of hydrogen-bond acceptors (Lipinski definition) is 4. The number of hydrogen-bond donors (Lipinski definition) is 0. The average Bonchev–Trinajstić information content (AvgIpc) is 2.79. The summed E-state index contributed by atoms with van der Waals surface area (Å²) >= 11 is 0. The van der Waals surface area contributed by atoms with Gasteiger partial charge in [-0.3, -0.25) is 4.90 Å². The molecule has 2 aliphatic rings. The van der Waals surface area contributed by atoms with Crippen LogP contribution in [0.4, 0.5) is 5.82 Å². The van der Waals surface area contributed by atoms with Crippen molar-refractivity contribution in [1.29, 1.82) is 5.26 Å². The van der Waals surface area contributed by atoms with Crippen molar-refractivity contribution in [2.75, 3.05) is 31.1 Å². The first-order valence-electron chi connectivity index (χ1n) is 10.7. The van der Waals surface area contributed by atoms with Gasteiger partial charge in [-0.15, -0.1) is 0 Å². The van der Waals surface area contributed by atoms with Gasteiger partial charge in [-0.2, -0.15) is 5.26 Å². The molecule has 0 radical (unpaired) electrons. The van der Waals surface area contributed by atoms with Gasteiger partial charge in [0, 0.05) is 38.4 Å². The van der Waals surface area contributed by atoms with Crippen LogP contribution in [0.15, 0.2) is 48.5 Å². The zero-order valence-electron chi connectivity index (χ0n) is 16.8. The quantitative estimate of drug-likeness (QED) is 0.677. The summed E-state index contributed by atoms with van der Waals surface area (Å²) in [4.78, 5) is 9.77. The molecule has 0 unspecified atom stereocenters. The van der Waals surface area contributed by atoms with E-state index in [0.717, 1.165) is 56.9 Å². The minimum absolute atomic E-state index is 0.744. The van der Waals surface area contributed by atoms with Crippen LogP contribution in [0.25, 0.3) is 10.8 Å². The van der Waals surface area contributed by atoms with Gasteiger partial charge < -0.3 is 4.90 Å². The Hall–Kier alpha value is -2.90. The SMILES string of the molecule is N#Cc1cc2c(nc1N1CCN(Cc3cccc4ccccc34)CC1)CCCC2. The molecule has 1 aliphatic carbocycles. The van der Waals surface area contributed by atoms with Crippen LogP contribution in [0.1, 0.15) is 35.2 Å². The number of nitriles is 1. The molecule has 29 heavy (non-hydrogen) atoms. The molecule has 5 rings (SSSR count). The number of aromatic nitrogens is 1. The number of nitrogens with zero attached hydrogens (tertiary/aromatic N) is 4. The topological polar surface area (TPSA) is 43.2 Å². The van der Waals surface area contributed by atoms with Gasteiger partial charge in [0.25, 0.3) is 0 Å². The Morgan fingerprint density at radius 3 is 2.59 bits per heavy atom. The molecule has 2 heterocycles. The summed E-state index contributed by atoms with van der Waals surface area (Å²) in [7, 11) is 0. The summed E-state index contributed by atoms with van der Waals surface area (Å²) in [6.07, 6.45) is 4.54.